The van der Waals surface area contributed by atoms with Crippen LogP contribution in [0, 0.1) is 20.8 Å². The lowest BCUT2D eigenvalue weighted by Gasteiger charge is -2.11. The Balaban J connectivity index is 2.36. The lowest BCUT2D eigenvalue weighted by Crippen LogP contribution is -2.04. The fourth-order valence-electron chi connectivity index (χ4n) is 1.58. The molecular formula is C13H15ClN4. The highest BCUT2D eigenvalue weighted by Gasteiger charge is 2.07. The molecule has 0 aliphatic carbocycles. The van der Waals surface area contributed by atoms with E-state index in [0.717, 1.165) is 21.8 Å². The first-order valence-electron chi connectivity index (χ1n) is 5.61. The predicted octanol–water partition coefficient (Wildman–Crippen LogP) is 3.38. The summed E-state index contributed by atoms with van der Waals surface area (Å²) < 4.78 is 0. The summed E-state index contributed by atoms with van der Waals surface area (Å²) in [7, 11) is 0. The molecule has 2 aromatic rings. The molecule has 94 valence electrons. The van der Waals surface area contributed by atoms with Crippen molar-refractivity contribution in [3.63, 3.8) is 0 Å². The Labute approximate surface area is 111 Å². The molecule has 0 aliphatic heterocycles. The average molecular weight is 263 g/mol. The van der Waals surface area contributed by atoms with Crippen molar-refractivity contribution in [2.45, 2.75) is 20.8 Å². The first-order chi connectivity index (χ1) is 8.47. The first kappa shape index (κ1) is 12.6. The molecule has 0 saturated carbocycles. The molecule has 0 saturated heterocycles. The molecule has 0 unspecified atom stereocenters. The van der Waals surface area contributed by atoms with E-state index in [0.29, 0.717) is 17.5 Å². The van der Waals surface area contributed by atoms with Crippen LogP contribution in [0.25, 0.3) is 0 Å². The van der Waals surface area contributed by atoms with Gasteiger partial charge in [0.25, 0.3) is 0 Å². The number of nitrogens with zero attached hydrogens (tertiary/aromatic N) is 2. The highest BCUT2D eigenvalue weighted by molar-refractivity contribution is 6.31. The lowest BCUT2D eigenvalue weighted by atomic mass is 10.2. The van der Waals surface area contributed by atoms with E-state index in [1.807, 2.05) is 39.0 Å². The van der Waals surface area contributed by atoms with Crippen LogP contribution in [0.15, 0.2) is 18.2 Å². The predicted molar refractivity (Wildman–Crippen MR) is 75.4 cm³/mol. The molecule has 2 rings (SSSR count). The van der Waals surface area contributed by atoms with Crippen LogP contribution in [-0.2, 0) is 0 Å². The summed E-state index contributed by atoms with van der Waals surface area (Å²) in [5.74, 6) is 1.84. The number of nitrogens with two attached hydrogens (primary N) is 1. The van der Waals surface area contributed by atoms with Crippen molar-refractivity contribution >= 4 is 28.9 Å². The maximum Gasteiger partial charge on any atom is 0.139 e. The largest absolute Gasteiger partial charge is 0.383 e. The van der Waals surface area contributed by atoms with Crippen LogP contribution in [-0.4, -0.2) is 9.97 Å². The average Bonchev–Trinajstić information content (AvgIpc) is 2.30. The van der Waals surface area contributed by atoms with Gasteiger partial charge in [-0.05, 0) is 38.5 Å². The van der Waals surface area contributed by atoms with E-state index >= 15 is 0 Å². The number of aryl methyl sites for hydroxylation is 2. The molecule has 3 N–H and O–H groups in total. The molecule has 0 spiro atoms. The topological polar surface area (TPSA) is 63.8 Å². The Morgan fingerprint density at radius 3 is 2.56 bits per heavy atom. The fourth-order valence-corrected chi connectivity index (χ4v) is 1.76. The Morgan fingerprint density at radius 2 is 1.89 bits per heavy atom. The molecule has 18 heavy (non-hydrogen) atoms. The minimum Gasteiger partial charge on any atom is -0.383 e. The maximum atomic E-state index is 6.08. The van der Waals surface area contributed by atoms with Gasteiger partial charge >= 0.3 is 0 Å². The third-order valence-corrected chi connectivity index (χ3v) is 3.14. The fraction of sp³-hybridized carbons (Fsp3) is 0.231. The monoisotopic (exact) mass is 262 g/mol. The SMILES string of the molecule is Cc1nc(N)c(C)c(Nc2ccc(C)c(Cl)c2)n1. The van der Waals surface area contributed by atoms with Gasteiger partial charge in [0, 0.05) is 16.3 Å². The van der Waals surface area contributed by atoms with Gasteiger partial charge in [0.15, 0.2) is 0 Å². The summed E-state index contributed by atoms with van der Waals surface area (Å²) >= 11 is 6.08. The van der Waals surface area contributed by atoms with Crippen molar-refractivity contribution in [2.75, 3.05) is 11.1 Å². The van der Waals surface area contributed by atoms with Crippen LogP contribution >= 0.6 is 11.6 Å². The van der Waals surface area contributed by atoms with Gasteiger partial charge in [0.2, 0.25) is 0 Å². The zero-order valence-corrected chi connectivity index (χ0v) is 11.3. The van der Waals surface area contributed by atoms with Gasteiger partial charge in [0.05, 0.1) is 0 Å². The van der Waals surface area contributed by atoms with E-state index in [-0.39, 0.29) is 0 Å². The van der Waals surface area contributed by atoms with E-state index in [2.05, 4.69) is 15.3 Å². The van der Waals surface area contributed by atoms with Gasteiger partial charge in [-0.25, -0.2) is 9.97 Å². The first-order valence-corrected chi connectivity index (χ1v) is 5.99. The summed E-state index contributed by atoms with van der Waals surface area (Å²) in [4.78, 5) is 8.44. The zero-order valence-electron chi connectivity index (χ0n) is 10.6. The Bertz CT molecular complexity index is 596. The molecule has 0 bridgehead atoms. The van der Waals surface area contributed by atoms with Gasteiger partial charge in [-0.15, -0.1) is 0 Å². The second kappa shape index (κ2) is 4.82. The third-order valence-electron chi connectivity index (χ3n) is 2.73. The minimum absolute atomic E-state index is 0.489. The van der Waals surface area contributed by atoms with Gasteiger partial charge < -0.3 is 11.1 Å². The van der Waals surface area contributed by atoms with E-state index in [9.17, 15) is 0 Å². The quantitative estimate of drug-likeness (QED) is 0.871. The number of rotatable bonds is 2. The second-order valence-corrected chi connectivity index (χ2v) is 4.63. The molecule has 0 aliphatic rings. The number of benzene rings is 1. The highest BCUT2D eigenvalue weighted by Crippen LogP contribution is 2.25. The van der Waals surface area contributed by atoms with Crippen LogP contribution < -0.4 is 11.1 Å². The molecule has 0 atom stereocenters. The second-order valence-electron chi connectivity index (χ2n) is 4.22. The number of anilines is 3. The normalized spacial score (nSPS) is 10.4. The Kier molecular flexibility index (Phi) is 3.39. The number of hydrogen-bond donors (Lipinski definition) is 2. The van der Waals surface area contributed by atoms with Crippen molar-refractivity contribution in [1.82, 2.24) is 9.97 Å². The summed E-state index contributed by atoms with van der Waals surface area (Å²) in [5, 5.41) is 3.93. The molecule has 0 fully saturated rings. The van der Waals surface area contributed by atoms with E-state index in [4.69, 9.17) is 17.3 Å². The van der Waals surface area contributed by atoms with Crippen molar-refractivity contribution in [2.24, 2.45) is 0 Å². The van der Waals surface area contributed by atoms with E-state index in [1.165, 1.54) is 0 Å². The van der Waals surface area contributed by atoms with Gasteiger partial charge in [-0.2, -0.15) is 0 Å². The van der Waals surface area contributed by atoms with Crippen LogP contribution in [0.3, 0.4) is 0 Å². The van der Waals surface area contributed by atoms with Crippen LogP contribution in [0.1, 0.15) is 17.0 Å². The van der Waals surface area contributed by atoms with Gasteiger partial charge in [-0.3, -0.25) is 0 Å². The third kappa shape index (κ3) is 2.54. The van der Waals surface area contributed by atoms with E-state index in [1.54, 1.807) is 0 Å². The molecule has 1 aromatic carbocycles. The number of hydrogen-bond acceptors (Lipinski definition) is 4. The molecule has 4 nitrogen and oxygen atoms in total. The minimum atomic E-state index is 0.489. The number of halogens is 1. The summed E-state index contributed by atoms with van der Waals surface area (Å²) in [6.07, 6.45) is 0. The zero-order chi connectivity index (χ0) is 13.3. The lowest BCUT2D eigenvalue weighted by molar-refractivity contribution is 1.04. The van der Waals surface area contributed by atoms with Gasteiger partial charge in [0.1, 0.15) is 17.5 Å². The molecule has 0 radical (unpaired) electrons. The van der Waals surface area contributed by atoms with Crippen molar-refractivity contribution in [1.29, 1.82) is 0 Å². The molecule has 5 heteroatoms. The number of nitrogens with one attached hydrogen (secondary N) is 1. The molecular weight excluding hydrogens is 248 g/mol. The van der Waals surface area contributed by atoms with Crippen molar-refractivity contribution in [3.8, 4) is 0 Å². The Hall–Kier alpha value is -1.81. The van der Waals surface area contributed by atoms with Crippen LogP contribution in [0.2, 0.25) is 5.02 Å². The van der Waals surface area contributed by atoms with Gasteiger partial charge in [-0.1, -0.05) is 17.7 Å². The molecule has 1 aromatic heterocycles. The Morgan fingerprint density at radius 1 is 1.17 bits per heavy atom. The van der Waals surface area contributed by atoms with Crippen LogP contribution in [0.4, 0.5) is 17.3 Å². The maximum absolute atomic E-state index is 6.08. The van der Waals surface area contributed by atoms with Crippen molar-refractivity contribution in [3.05, 3.63) is 40.2 Å². The standard InChI is InChI=1S/C13H15ClN4/c1-7-4-5-10(6-11(7)14)18-13-8(2)12(15)16-9(3)17-13/h4-6H,1-3H3,(H3,15,16,17,18). The van der Waals surface area contributed by atoms with Crippen LogP contribution in [0.5, 0.6) is 0 Å². The smallest absolute Gasteiger partial charge is 0.139 e. The summed E-state index contributed by atoms with van der Waals surface area (Å²) in [6, 6.07) is 5.77. The van der Waals surface area contributed by atoms with Crippen molar-refractivity contribution < 1.29 is 0 Å². The van der Waals surface area contributed by atoms with E-state index < -0.39 is 0 Å². The molecule has 0 amide bonds. The summed E-state index contributed by atoms with van der Waals surface area (Å²) in [6.45, 7) is 5.65. The highest BCUT2D eigenvalue weighted by atomic mass is 35.5. The number of nitrogen functional groups attached to an aromatic ring is 1. The molecule has 1 heterocycles. The summed E-state index contributed by atoms with van der Waals surface area (Å²) in [5.41, 5.74) is 8.56. The number of aromatic nitrogens is 2.